The minimum Gasteiger partial charge on any atom is -0.303 e. The van der Waals surface area contributed by atoms with Crippen LogP contribution in [0.15, 0.2) is 23.1 Å². The summed E-state index contributed by atoms with van der Waals surface area (Å²) < 4.78 is 0. The molecule has 0 fully saturated rings. The second-order valence-corrected chi connectivity index (χ2v) is 3.61. The molecule has 0 aliphatic rings. The number of carbonyl (C=O) groups excluding carboxylic acids is 1. The maximum absolute atomic E-state index is 10.7. The van der Waals surface area contributed by atoms with Crippen molar-refractivity contribution in [2.45, 2.75) is 31.1 Å². The Hall–Kier alpha value is -0.760. The first-order valence-electron chi connectivity index (χ1n) is 4.46. The van der Waals surface area contributed by atoms with E-state index in [-0.39, 0.29) is 5.92 Å². The summed E-state index contributed by atoms with van der Waals surface area (Å²) in [6.07, 6.45) is 1.91. The van der Waals surface area contributed by atoms with E-state index in [1.165, 1.54) is 5.56 Å². The lowest BCUT2D eigenvalue weighted by molar-refractivity contribution is -0.108. The van der Waals surface area contributed by atoms with Crippen LogP contribution < -0.4 is 0 Å². The lowest BCUT2D eigenvalue weighted by Crippen LogP contribution is -2.01. The fraction of sp³-hybridized carbons (Fsp3) is 0.364. The van der Waals surface area contributed by atoms with Gasteiger partial charge in [0.15, 0.2) is 0 Å². The number of carbonyl (C=O) groups is 1. The van der Waals surface area contributed by atoms with Gasteiger partial charge in [0.05, 0.1) is 0 Å². The molecule has 2 heteroatoms. The smallest absolute Gasteiger partial charge is 0.127 e. The Bertz CT molecular complexity index is 307. The van der Waals surface area contributed by atoms with Crippen molar-refractivity contribution >= 4 is 18.9 Å². The van der Waals surface area contributed by atoms with Crippen molar-refractivity contribution in [2.75, 3.05) is 0 Å². The van der Waals surface area contributed by atoms with Crippen LogP contribution in [0.1, 0.15) is 30.9 Å². The molecular formula is C11H14OS. The maximum atomic E-state index is 10.7. The highest BCUT2D eigenvalue weighted by Gasteiger charge is 2.11. The summed E-state index contributed by atoms with van der Waals surface area (Å²) in [7, 11) is 0. The molecule has 1 rings (SSSR count). The van der Waals surface area contributed by atoms with Gasteiger partial charge in [-0.25, -0.2) is 0 Å². The monoisotopic (exact) mass is 194 g/mol. The molecule has 1 unspecified atom stereocenters. The molecule has 1 atom stereocenters. The number of hydrogen-bond acceptors (Lipinski definition) is 2. The van der Waals surface area contributed by atoms with Crippen LogP contribution in [0.4, 0.5) is 0 Å². The third-order valence-electron chi connectivity index (χ3n) is 2.21. The van der Waals surface area contributed by atoms with Gasteiger partial charge in [-0.05, 0) is 23.6 Å². The Balaban J connectivity index is 3.22. The molecule has 0 heterocycles. The van der Waals surface area contributed by atoms with Crippen molar-refractivity contribution in [3.05, 3.63) is 29.3 Å². The number of thiol groups is 1. The molecule has 0 saturated heterocycles. The fourth-order valence-corrected chi connectivity index (χ4v) is 1.93. The highest BCUT2D eigenvalue weighted by atomic mass is 32.1. The molecule has 0 saturated carbocycles. The van der Waals surface area contributed by atoms with Gasteiger partial charge in [0.1, 0.15) is 6.29 Å². The highest BCUT2D eigenvalue weighted by Crippen LogP contribution is 2.25. The molecule has 0 aliphatic carbocycles. The van der Waals surface area contributed by atoms with Crippen LogP contribution >= 0.6 is 12.6 Å². The number of aryl methyl sites for hydroxylation is 1. The van der Waals surface area contributed by atoms with Crippen molar-refractivity contribution in [2.24, 2.45) is 0 Å². The SMILES string of the molecule is CCc1cccc(S)c1C(C)C=O. The molecule has 0 radical (unpaired) electrons. The molecule has 0 spiro atoms. The summed E-state index contributed by atoms with van der Waals surface area (Å²) in [6, 6.07) is 5.95. The van der Waals surface area contributed by atoms with E-state index >= 15 is 0 Å². The maximum Gasteiger partial charge on any atom is 0.127 e. The van der Waals surface area contributed by atoms with E-state index in [4.69, 9.17) is 0 Å². The molecule has 0 N–H and O–H groups in total. The topological polar surface area (TPSA) is 17.1 Å². The van der Waals surface area contributed by atoms with Gasteiger partial charge in [0.2, 0.25) is 0 Å². The first-order chi connectivity index (χ1) is 6.20. The van der Waals surface area contributed by atoms with Gasteiger partial charge in [0, 0.05) is 10.8 Å². The van der Waals surface area contributed by atoms with Crippen molar-refractivity contribution in [1.82, 2.24) is 0 Å². The van der Waals surface area contributed by atoms with Crippen LogP contribution in [0.3, 0.4) is 0 Å². The van der Waals surface area contributed by atoms with Crippen LogP contribution in [0.2, 0.25) is 0 Å². The molecule has 0 amide bonds. The minimum absolute atomic E-state index is 0.0522. The van der Waals surface area contributed by atoms with E-state index in [1.807, 2.05) is 19.1 Å². The summed E-state index contributed by atoms with van der Waals surface area (Å²) in [5.74, 6) is -0.0522. The molecule has 13 heavy (non-hydrogen) atoms. The average Bonchev–Trinajstić information content (AvgIpc) is 2.16. The lowest BCUT2D eigenvalue weighted by Gasteiger charge is -2.12. The second-order valence-electron chi connectivity index (χ2n) is 3.13. The van der Waals surface area contributed by atoms with Crippen molar-refractivity contribution in [3.8, 4) is 0 Å². The summed E-state index contributed by atoms with van der Waals surface area (Å²) in [6.45, 7) is 3.99. The quantitative estimate of drug-likeness (QED) is 0.578. The molecule has 1 aromatic rings. The number of benzene rings is 1. The fourth-order valence-electron chi connectivity index (χ4n) is 1.50. The van der Waals surface area contributed by atoms with Crippen molar-refractivity contribution < 1.29 is 4.79 Å². The third kappa shape index (κ3) is 2.13. The largest absolute Gasteiger partial charge is 0.303 e. The zero-order chi connectivity index (χ0) is 9.84. The predicted octanol–water partition coefficient (Wildman–Crippen LogP) is 2.84. The Morgan fingerprint density at radius 1 is 1.54 bits per heavy atom. The average molecular weight is 194 g/mol. The molecule has 0 aliphatic heterocycles. The Kier molecular flexibility index (Phi) is 3.55. The zero-order valence-electron chi connectivity index (χ0n) is 7.95. The van der Waals surface area contributed by atoms with Crippen molar-refractivity contribution in [3.63, 3.8) is 0 Å². The summed E-state index contributed by atoms with van der Waals surface area (Å²) in [5, 5.41) is 0. The summed E-state index contributed by atoms with van der Waals surface area (Å²) in [4.78, 5) is 11.6. The second kappa shape index (κ2) is 4.47. The van der Waals surface area contributed by atoms with Crippen LogP contribution in [-0.4, -0.2) is 6.29 Å². The normalized spacial score (nSPS) is 12.5. The summed E-state index contributed by atoms with van der Waals surface area (Å²) in [5.41, 5.74) is 2.29. The number of aldehydes is 1. The van der Waals surface area contributed by atoms with E-state index in [0.717, 1.165) is 23.2 Å². The van der Waals surface area contributed by atoms with Gasteiger partial charge >= 0.3 is 0 Å². The first-order valence-corrected chi connectivity index (χ1v) is 4.91. The Labute approximate surface area is 84.6 Å². The third-order valence-corrected chi connectivity index (χ3v) is 2.60. The lowest BCUT2D eigenvalue weighted by atomic mass is 9.95. The molecule has 1 aromatic carbocycles. The van der Waals surface area contributed by atoms with E-state index in [0.29, 0.717) is 0 Å². The van der Waals surface area contributed by atoms with Crippen LogP contribution in [0.5, 0.6) is 0 Å². The molecular weight excluding hydrogens is 180 g/mol. The Morgan fingerprint density at radius 2 is 2.23 bits per heavy atom. The van der Waals surface area contributed by atoms with Gasteiger partial charge in [-0.1, -0.05) is 26.0 Å². The van der Waals surface area contributed by atoms with E-state index < -0.39 is 0 Å². The number of hydrogen-bond donors (Lipinski definition) is 1. The molecule has 0 bridgehead atoms. The number of rotatable bonds is 3. The predicted molar refractivity (Wildman–Crippen MR) is 57.6 cm³/mol. The molecule has 70 valence electrons. The van der Waals surface area contributed by atoms with Crippen molar-refractivity contribution in [1.29, 1.82) is 0 Å². The molecule has 1 nitrogen and oxygen atoms in total. The molecule has 0 aromatic heterocycles. The van der Waals surface area contributed by atoms with E-state index in [2.05, 4.69) is 25.6 Å². The van der Waals surface area contributed by atoms with Gasteiger partial charge in [-0.2, -0.15) is 0 Å². The van der Waals surface area contributed by atoms with Crippen LogP contribution in [0.25, 0.3) is 0 Å². The zero-order valence-corrected chi connectivity index (χ0v) is 8.84. The van der Waals surface area contributed by atoms with Gasteiger partial charge < -0.3 is 4.79 Å². The summed E-state index contributed by atoms with van der Waals surface area (Å²) >= 11 is 4.36. The standard InChI is InChI=1S/C11H14OS/c1-3-9-5-4-6-10(13)11(9)8(2)7-12/h4-8,13H,3H2,1-2H3. The van der Waals surface area contributed by atoms with Gasteiger partial charge in [-0.15, -0.1) is 12.6 Å². The highest BCUT2D eigenvalue weighted by molar-refractivity contribution is 7.80. The minimum atomic E-state index is -0.0522. The van der Waals surface area contributed by atoms with Gasteiger partial charge in [-0.3, -0.25) is 0 Å². The van der Waals surface area contributed by atoms with Gasteiger partial charge in [0.25, 0.3) is 0 Å². The first kappa shape index (κ1) is 10.3. The Morgan fingerprint density at radius 3 is 2.77 bits per heavy atom. The van der Waals surface area contributed by atoms with E-state index in [9.17, 15) is 4.79 Å². The van der Waals surface area contributed by atoms with E-state index in [1.54, 1.807) is 0 Å². The van der Waals surface area contributed by atoms with Crippen LogP contribution in [-0.2, 0) is 11.2 Å². The van der Waals surface area contributed by atoms with Crippen LogP contribution in [0, 0.1) is 0 Å².